The first-order chi connectivity index (χ1) is 6.65. The Labute approximate surface area is 86.0 Å². The van der Waals surface area contributed by atoms with Crippen LogP contribution < -0.4 is 0 Å². The van der Waals surface area contributed by atoms with Crippen LogP contribution in [0.1, 0.15) is 46.0 Å². The Bertz CT molecular complexity index is 226. The van der Waals surface area contributed by atoms with Crippen molar-refractivity contribution in [1.82, 2.24) is 0 Å². The average molecular weight is 196 g/mol. The molecule has 2 aliphatic rings. The highest BCUT2D eigenvalue weighted by molar-refractivity contribution is 5.56. The summed E-state index contributed by atoms with van der Waals surface area (Å²) in [5.41, 5.74) is 0.0670. The van der Waals surface area contributed by atoms with E-state index >= 15 is 0 Å². The molecule has 14 heavy (non-hydrogen) atoms. The normalized spacial score (nSPS) is 48.3. The molecule has 2 rings (SSSR count). The van der Waals surface area contributed by atoms with Crippen LogP contribution in [0.5, 0.6) is 0 Å². The Morgan fingerprint density at radius 3 is 2.50 bits per heavy atom. The number of ether oxygens (including phenoxy) is 1. The Morgan fingerprint density at radius 1 is 1.21 bits per heavy atom. The highest BCUT2D eigenvalue weighted by Crippen LogP contribution is 2.45. The smallest absolute Gasteiger partial charge is 0.148 e. The minimum absolute atomic E-state index is 0.0670. The second-order valence-corrected chi connectivity index (χ2v) is 5.21. The predicted molar refractivity (Wildman–Crippen MR) is 55.1 cm³/mol. The minimum atomic E-state index is -0.115. The van der Waals surface area contributed by atoms with Crippen molar-refractivity contribution in [2.45, 2.75) is 57.7 Å². The van der Waals surface area contributed by atoms with Gasteiger partial charge in [0, 0.05) is 0 Å². The number of carbonyl (C=O) groups is 1. The van der Waals surface area contributed by atoms with E-state index in [4.69, 9.17) is 4.74 Å². The van der Waals surface area contributed by atoms with E-state index in [1.165, 1.54) is 6.42 Å². The average Bonchev–Trinajstić information content (AvgIpc) is 2.56. The van der Waals surface area contributed by atoms with E-state index in [2.05, 4.69) is 13.8 Å². The monoisotopic (exact) mass is 196 g/mol. The summed E-state index contributed by atoms with van der Waals surface area (Å²) in [4.78, 5) is 10.7. The number of rotatable bonds is 1. The molecule has 1 aliphatic carbocycles. The molecule has 2 nitrogen and oxygen atoms in total. The van der Waals surface area contributed by atoms with Crippen LogP contribution in [-0.2, 0) is 9.53 Å². The molecule has 4 unspecified atom stereocenters. The van der Waals surface area contributed by atoms with Crippen LogP contribution in [0.4, 0.5) is 0 Å². The van der Waals surface area contributed by atoms with Gasteiger partial charge in [0.2, 0.25) is 0 Å². The van der Waals surface area contributed by atoms with Gasteiger partial charge < -0.3 is 9.53 Å². The minimum Gasteiger partial charge on any atom is -0.364 e. The lowest BCUT2D eigenvalue weighted by Crippen LogP contribution is -2.38. The van der Waals surface area contributed by atoms with E-state index in [1.807, 2.05) is 0 Å². The van der Waals surface area contributed by atoms with E-state index in [9.17, 15) is 4.79 Å². The van der Waals surface area contributed by atoms with Crippen LogP contribution in [-0.4, -0.2) is 18.0 Å². The largest absolute Gasteiger partial charge is 0.364 e. The van der Waals surface area contributed by atoms with Gasteiger partial charge in [-0.3, -0.25) is 0 Å². The first-order valence-electron chi connectivity index (χ1n) is 5.78. The molecule has 1 saturated carbocycles. The Hall–Kier alpha value is -0.370. The van der Waals surface area contributed by atoms with Gasteiger partial charge in [-0.05, 0) is 43.9 Å². The molecule has 0 N–H and O–H groups in total. The van der Waals surface area contributed by atoms with Gasteiger partial charge in [-0.25, -0.2) is 0 Å². The Morgan fingerprint density at radius 2 is 1.93 bits per heavy atom. The molecule has 2 fully saturated rings. The standard InChI is InChI=1S/C12H20O2/c1-9-3-5-12(7-10(9)2)6-4-11(8-13)14-12/h8-11H,3-7H2,1-2H3. The molecule has 0 aromatic heterocycles. The topological polar surface area (TPSA) is 26.3 Å². The zero-order valence-corrected chi connectivity index (χ0v) is 9.16. The molecular formula is C12H20O2. The van der Waals surface area contributed by atoms with Gasteiger partial charge in [0.05, 0.1) is 5.60 Å². The molecule has 0 aromatic rings. The molecule has 0 aromatic carbocycles. The fourth-order valence-electron chi connectivity index (χ4n) is 2.94. The molecule has 0 amide bonds. The third-order valence-electron chi connectivity index (χ3n) is 4.16. The molecule has 4 atom stereocenters. The maximum absolute atomic E-state index is 10.7. The van der Waals surface area contributed by atoms with Gasteiger partial charge in [0.25, 0.3) is 0 Å². The van der Waals surface area contributed by atoms with Gasteiger partial charge in [0.1, 0.15) is 12.4 Å². The van der Waals surface area contributed by atoms with Crippen LogP contribution >= 0.6 is 0 Å². The molecule has 0 radical (unpaired) electrons. The lowest BCUT2D eigenvalue weighted by atomic mass is 9.72. The second-order valence-electron chi connectivity index (χ2n) is 5.21. The number of hydrogen-bond donors (Lipinski definition) is 0. The fraction of sp³-hybridized carbons (Fsp3) is 0.917. The first-order valence-corrected chi connectivity index (χ1v) is 5.78. The molecular weight excluding hydrogens is 176 g/mol. The zero-order valence-electron chi connectivity index (χ0n) is 9.16. The SMILES string of the molecule is CC1CCC2(CCC(C=O)O2)CC1C. The molecule has 1 spiro atoms. The summed E-state index contributed by atoms with van der Waals surface area (Å²) < 4.78 is 5.89. The van der Waals surface area contributed by atoms with Crippen LogP contribution in [0, 0.1) is 11.8 Å². The molecule has 80 valence electrons. The third-order valence-corrected chi connectivity index (χ3v) is 4.16. The van der Waals surface area contributed by atoms with Gasteiger partial charge in [-0.1, -0.05) is 13.8 Å². The maximum Gasteiger partial charge on any atom is 0.148 e. The van der Waals surface area contributed by atoms with Crippen LogP contribution in [0.2, 0.25) is 0 Å². The predicted octanol–water partition coefficient (Wildman–Crippen LogP) is 2.56. The molecule has 1 heterocycles. The lowest BCUT2D eigenvalue weighted by molar-refractivity contribution is -0.127. The van der Waals surface area contributed by atoms with E-state index in [0.29, 0.717) is 0 Å². The van der Waals surface area contributed by atoms with Crippen molar-refractivity contribution in [2.75, 3.05) is 0 Å². The quantitative estimate of drug-likeness (QED) is 0.602. The third kappa shape index (κ3) is 1.72. The van der Waals surface area contributed by atoms with Gasteiger partial charge in [-0.2, -0.15) is 0 Å². The number of aldehydes is 1. The van der Waals surface area contributed by atoms with Crippen molar-refractivity contribution in [3.63, 3.8) is 0 Å². The Kier molecular flexibility index (Phi) is 2.65. The van der Waals surface area contributed by atoms with E-state index in [1.54, 1.807) is 0 Å². The highest BCUT2D eigenvalue weighted by atomic mass is 16.5. The van der Waals surface area contributed by atoms with E-state index < -0.39 is 0 Å². The van der Waals surface area contributed by atoms with Crippen LogP contribution in [0.25, 0.3) is 0 Å². The van der Waals surface area contributed by atoms with Gasteiger partial charge >= 0.3 is 0 Å². The molecule has 0 bridgehead atoms. The van der Waals surface area contributed by atoms with Crippen LogP contribution in [0.15, 0.2) is 0 Å². The summed E-state index contributed by atoms with van der Waals surface area (Å²) in [6.07, 6.45) is 6.44. The summed E-state index contributed by atoms with van der Waals surface area (Å²) in [6, 6.07) is 0. The maximum atomic E-state index is 10.7. The zero-order chi connectivity index (χ0) is 10.2. The summed E-state index contributed by atoms with van der Waals surface area (Å²) in [5, 5.41) is 0. The Balaban J connectivity index is 2.01. The lowest BCUT2D eigenvalue weighted by Gasteiger charge is -2.39. The van der Waals surface area contributed by atoms with Gasteiger partial charge in [0.15, 0.2) is 0 Å². The summed E-state index contributed by atoms with van der Waals surface area (Å²) >= 11 is 0. The summed E-state index contributed by atoms with van der Waals surface area (Å²) in [7, 11) is 0. The van der Waals surface area contributed by atoms with Crippen molar-refractivity contribution < 1.29 is 9.53 Å². The fourth-order valence-corrected chi connectivity index (χ4v) is 2.94. The van der Waals surface area contributed by atoms with Crippen LogP contribution in [0.3, 0.4) is 0 Å². The van der Waals surface area contributed by atoms with Crippen molar-refractivity contribution in [2.24, 2.45) is 11.8 Å². The summed E-state index contributed by atoms with van der Waals surface area (Å²) in [6.45, 7) is 4.63. The molecule has 1 aliphatic heterocycles. The van der Waals surface area contributed by atoms with Gasteiger partial charge in [-0.15, -0.1) is 0 Å². The van der Waals surface area contributed by atoms with Crippen molar-refractivity contribution in [1.29, 1.82) is 0 Å². The molecule has 2 heteroatoms. The van der Waals surface area contributed by atoms with E-state index in [0.717, 1.165) is 43.8 Å². The number of carbonyl (C=O) groups excluding carboxylic acids is 1. The highest BCUT2D eigenvalue weighted by Gasteiger charge is 2.44. The van der Waals surface area contributed by atoms with Crippen molar-refractivity contribution in [3.05, 3.63) is 0 Å². The summed E-state index contributed by atoms with van der Waals surface area (Å²) in [5.74, 6) is 1.56. The first kappa shape index (κ1) is 10.2. The molecule has 1 saturated heterocycles. The second kappa shape index (κ2) is 3.65. The van der Waals surface area contributed by atoms with Crippen molar-refractivity contribution in [3.8, 4) is 0 Å². The van der Waals surface area contributed by atoms with Crippen molar-refractivity contribution >= 4 is 6.29 Å². The van der Waals surface area contributed by atoms with E-state index in [-0.39, 0.29) is 11.7 Å². The number of hydrogen-bond acceptors (Lipinski definition) is 2.